The van der Waals surface area contributed by atoms with Gasteiger partial charge in [0.05, 0.1) is 17.0 Å². The smallest absolute Gasteiger partial charge is 0.344 e. The molecule has 2 aromatic carbocycles. The zero-order chi connectivity index (χ0) is 20.3. The van der Waals surface area contributed by atoms with Crippen LogP contribution in [0.2, 0.25) is 0 Å². The van der Waals surface area contributed by atoms with Crippen molar-refractivity contribution in [2.75, 3.05) is 6.54 Å². The van der Waals surface area contributed by atoms with Crippen LogP contribution in [-0.4, -0.2) is 44.1 Å². The summed E-state index contributed by atoms with van der Waals surface area (Å²) in [5.41, 5.74) is 1.21. The number of thiocarbonyl (C=S) groups is 1. The highest BCUT2D eigenvalue weighted by atomic mass is 127. The topological polar surface area (TPSA) is 87.1 Å². The number of thioether (sulfide) groups is 1. The van der Waals surface area contributed by atoms with E-state index >= 15 is 0 Å². The maximum atomic E-state index is 12.3. The van der Waals surface area contributed by atoms with E-state index in [1.54, 1.807) is 42.5 Å². The minimum Gasteiger partial charge on any atom is -0.423 e. The number of halogens is 1. The molecule has 1 aliphatic heterocycles. The second-order valence-electron chi connectivity index (χ2n) is 5.71. The van der Waals surface area contributed by atoms with E-state index in [0.29, 0.717) is 16.2 Å². The number of aliphatic hydroxyl groups is 2. The number of aliphatic hydroxyl groups excluding tert-OH is 1. The first-order valence-corrected chi connectivity index (χ1v) is 10.3. The highest BCUT2D eigenvalue weighted by molar-refractivity contribution is 14.1. The molecule has 1 fully saturated rings. The fraction of sp³-hybridized carbons (Fsp3) is 0.105. The van der Waals surface area contributed by atoms with Crippen LogP contribution in [0.5, 0.6) is 5.75 Å². The average Bonchev–Trinajstić information content (AvgIpc) is 2.90. The highest BCUT2D eigenvalue weighted by Gasteiger charge is 2.32. The average molecular weight is 527 g/mol. The van der Waals surface area contributed by atoms with E-state index in [4.69, 9.17) is 27.2 Å². The van der Waals surface area contributed by atoms with Gasteiger partial charge in [0.1, 0.15) is 10.1 Å². The van der Waals surface area contributed by atoms with Crippen LogP contribution in [0.4, 0.5) is 0 Å². The van der Waals surface area contributed by atoms with Crippen molar-refractivity contribution >= 4 is 68.8 Å². The molecule has 6 nitrogen and oxygen atoms in total. The van der Waals surface area contributed by atoms with Crippen LogP contribution in [0.1, 0.15) is 15.9 Å². The number of hydrogen-bond donors (Lipinski definition) is 2. The molecule has 0 aromatic heterocycles. The molecule has 3 rings (SSSR count). The van der Waals surface area contributed by atoms with E-state index in [0.717, 1.165) is 25.8 Å². The maximum absolute atomic E-state index is 12.3. The second kappa shape index (κ2) is 9.14. The Morgan fingerprint density at radius 2 is 1.89 bits per heavy atom. The van der Waals surface area contributed by atoms with Crippen molar-refractivity contribution in [1.82, 2.24) is 4.90 Å². The van der Waals surface area contributed by atoms with Crippen LogP contribution < -0.4 is 4.74 Å². The molecule has 0 radical (unpaired) electrons. The van der Waals surface area contributed by atoms with Gasteiger partial charge in [-0.05, 0) is 58.5 Å². The lowest BCUT2D eigenvalue weighted by atomic mass is 10.2. The molecule has 0 aliphatic carbocycles. The Morgan fingerprint density at radius 3 is 2.54 bits per heavy atom. The van der Waals surface area contributed by atoms with Gasteiger partial charge in [0.25, 0.3) is 5.91 Å². The molecule has 0 unspecified atom stereocenters. The SMILES string of the molecule is O=C(Oc1ccc(/C=C2\SC(=S)N(CC(O)O)C2=O)cc1)c1ccccc1I. The molecule has 144 valence electrons. The molecule has 1 amide bonds. The molecule has 0 atom stereocenters. The number of carbonyl (C=O) groups is 2. The van der Waals surface area contributed by atoms with Crippen LogP contribution in [-0.2, 0) is 4.79 Å². The number of carbonyl (C=O) groups excluding carboxylic acids is 2. The van der Waals surface area contributed by atoms with Gasteiger partial charge in [0, 0.05) is 3.57 Å². The molecule has 2 aromatic rings. The third-order valence-electron chi connectivity index (χ3n) is 3.70. The fourth-order valence-electron chi connectivity index (χ4n) is 2.39. The van der Waals surface area contributed by atoms with Gasteiger partial charge >= 0.3 is 5.97 Å². The van der Waals surface area contributed by atoms with E-state index in [9.17, 15) is 9.59 Å². The minimum atomic E-state index is -1.65. The number of benzene rings is 2. The number of amides is 1. The van der Waals surface area contributed by atoms with Crippen LogP contribution in [0.15, 0.2) is 53.4 Å². The lowest BCUT2D eigenvalue weighted by Gasteiger charge is -2.14. The highest BCUT2D eigenvalue weighted by Crippen LogP contribution is 2.32. The molecule has 0 bridgehead atoms. The van der Waals surface area contributed by atoms with Crippen molar-refractivity contribution in [1.29, 1.82) is 0 Å². The quantitative estimate of drug-likeness (QED) is 0.154. The van der Waals surface area contributed by atoms with Crippen LogP contribution in [0.25, 0.3) is 6.08 Å². The molecule has 0 saturated carbocycles. The van der Waals surface area contributed by atoms with Crippen LogP contribution in [0.3, 0.4) is 0 Å². The lowest BCUT2D eigenvalue weighted by molar-refractivity contribution is -0.126. The molecule has 0 spiro atoms. The van der Waals surface area contributed by atoms with E-state index in [-0.39, 0.29) is 16.8 Å². The van der Waals surface area contributed by atoms with Gasteiger partial charge in [-0.3, -0.25) is 9.69 Å². The Kier molecular flexibility index (Phi) is 6.83. The van der Waals surface area contributed by atoms with E-state index in [1.807, 2.05) is 12.1 Å². The lowest BCUT2D eigenvalue weighted by Crippen LogP contribution is -2.35. The molecular formula is C19H14INO5S2. The monoisotopic (exact) mass is 527 g/mol. The number of β-amino-alcohol motifs (C(OH)–C–C–N with tert-alkyl or cyclic N) is 2. The first-order chi connectivity index (χ1) is 13.3. The Bertz CT molecular complexity index is 959. The standard InChI is InChI=1S/C19H14INO5S2/c20-14-4-2-1-3-13(14)18(25)26-12-7-5-11(6-8-12)9-15-17(24)21(10-16(22)23)19(27)28-15/h1-9,16,22-23H,10H2/b15-9-. The van der Waals surface area contributed by atoms with Gasteiger partial charge in [-0.2, -0.15) is 0 Å². The summed E-state index contributed by atoms with van der Waals surface area (Å²) in [4.78, 5) is 26.1. The summed E-state index contributed by atoms with van der Waals surface area (Å²) in [6.07, 6.45) is -0.00193. The van der Waals surface area contributed by atoms with Crippen LogP contribution in [0, 0.1) is 3.57 Å². The molecule has 28 heavy (non-hydrogen) atoms. The van der Waals surface area contributed by atoms with Crippen molar-refractivity contribution in [3.63, 3.8) is 0 Å². The Morgan fingerprint density at radius 1 is 1.21 bits per heavy atom. The summed E-state index contributed by atoms with van der Waals surface area (Å²) in [5.74, 6) is -0.434. The summed E-state index contributed by atoms with van der Waals surface area (Å²) >= 11 is 8.27. The number of ether oxygens (including phenoxy) is 1. The number of rotatable bonds is 5. The van der Waals surface area contributed by atoms with E-state index in [2.05, 4.69) is 22.6 Å². The predicted octanol–water partition coefficient (Wildman–Crippen LogP) is 3.02. The summed E-state index contributed by atoms with van der Waals surface area (Å²) in [5, 5.41) is 18.1. The van der Waals surface area contributed by atoms with Gasteiger partial charge in [-0.1, -0.05) is 48.2 Å². The largest absolute Gasteiger partial charge is 0.423 e. The number of esters is 1. The Balaban J connectivity index is 1.70. The summed E-state index contributed by atoms with van der Waals surface area (Å²) < 4.78 is 6.46. The maximum Gasteiger partial charge on any atom is 0.344 e. The molecule has 1 saturated heterocycles. The molecule has 2 N–H and O–H groups in total. The molecular weight excluding hydrogens is 513 g/mol. The minimum absolute atomic E-state index is 0.269. The first kappa shape index (κ1) is 20.9. The Hall–Kier alpha value is -1.79. The van der Waals surface area contributed by atoms with E-state index in [1.165, 1.54) is 0 Å². The Labute approximate surface area is 184 Å². The number of hydrogen-bond acceptors (Lipinski definition) is 7. The van der Waals surface area contributed by atoms with Crippen molar-refractivity contribution < 1.29 is 24.5 Å². The first-order valence-electron chi connectivity index (χ1n) is 8.03. The molecule has 1 aliphatic rings. The third kappa shape index (κ3) is 4.97. The van der Waals surface area contributed by atoms with E-state index < -0.39 is 12.3 Å². The summed E-state index contributed by atoms with van der Waals surface area (Å²) in [7, 11) is 0. The van der Waals surface area contributed by atoms with Crippen molar-refractivity contribution in [3.8, 4) is 5.75 Å². The van der Waals surface area contributed by atoms with Gasteiger partial charge in [-0.25, -0.2) is 4.79 Å². The van der Waals surface area contributed by atoms with Crippen molar-refractivity contribution in [3.05, 3.63) is 68.1 Å². The fourth-order valence-corrected chi connectivity index (χ4v) is 4.28. The summed E-state index contributed by atoms with van der Waals surface area (Å²) in [6.45, 7) is -0.269. The molecule has 1 heterocycles. The summed E-state index contributed by atoms with van der Waals surface area (Å²) in [6, 6.07) is 13.8. The molecule has 9 heteroatoms. The second-order valence-corrected chi connectivity index (χ2v) is 8.55. The van der Waals surface area contributed by atoms with Gasteiger partial charge in [0.15, 0.2) is 6.29 Å². The van der Waals surface area contributed by atoms with Gasteiger partial charge < -0.3 is 14.9 Å². The van der Waals surface area contributed by atoms with Gasteiger partial charge in [0.2, 0.25) is 0 Å². The zero-order valence-corrected chi connectivity index (χ0v) is 18.0. The van der Waals surface area contributed by atoms with Gasteiger partial charge in [-0.15, -0.1) is 0 Å². The van der Waals surface area contributed by atoms with Crippen LogP contribution >= 0.6 is 46.6 Å². The number of nitrogens with zero attached hydrogens (tertiary/aromatic N) is 1. The zero-order valence-electron chi connectivity index (χ0n) is 14.2. The van der Waals surface area contributed by atoms with Crippen molar-refractivity contribution in [2.45, 2.75) is 6.29 Å². The predicted molar refractivity (Wildman–Crippen MR) is 119 cm³/mol. The third-order valence-corrected chi connectivity index (χ3v) is 6.02. The van der Waals surface area contributed by atoms with Crippen molar-refractivity contribution in [2.24, 2.45) is 0 Å². The normalized spacial score (nSPS) is 15.6.